The van der Waals surface area contributed by atoms with E-state index in [0.29, 0.717) is 62.3 Å². The zero-order valence-corrected chi connectivity index (χ0v) is 20.6. The Hall–Kier alpha value is -3.97. The summed E-state index contributed by atoms with van der Waals surface area (Å²) in [5, 5.41) is 4.14. The van der Waals surface area contributed by atoms with E-state index in [1.165, 1.54) is 0 Å². The average Bonchev–Trinajstić information content (AvgIpc) is 2.90. The molecule has 7 nitrogen and oxygen atoms in total. The molecule has 0 atom stereocenters. The average molecular weight is 493 g/mol. The molecule has 1 heterocycles. The number of hydrogen-bond donors (Lipinski definition) is 1. The highest BCUT2D eigenvalue weighted by Gasteiger charge is 2.17. The lowest BCUT2D eigenvalue weighted by molar-refractivity contribution is 0.0952. The summed E-state index contributed by atoms with van der Waals surface area (Å²) >= 11 is 6.25. The van der Waals surface area contributed by atoms with Gasteiger partial charge in [-0.2, -0.15) is 0 Å². The van der Waals surface area contributed by atoms with Gasteiger partial charge in [-0.05, 0) is 60.2 Å². The number of hydrogen-bond acceptors (Lipinski definition) is 6. The van der Waals surface area contributed by atoms with E-state index in [2.05, 4.69) is 5.32 Å². The monoisotopic (exact) mass is 492 g/mol. The number of methoxy groups -OCH3 is 4. The maximum atomic E-state index is 13.4. The van der Waals surface area contributed by atoms with Crippen LogP contribution in [-0.2, 0) is 6.54 Å². The smallest absolute Gasteiger partial charge is 0.252 e. The van der Waals surface area contributed by atoms with Crippen LogP contribution < -0.4 is 24.3 Å². The Morgan fingerprint density at radius 2 is 1.57 bits per heavy atom. The number of benzene rings is 3. The quantitative estimate of drug-likeness (QED) is 0.349. The molecule has 0 radical (unpaired) electrons. The van der Waals surface area contributed by atoms with E-state index in [1.54, 1.807) is 70.9 Å². The summed E-state index contributed by atoms with van der Waals surface area (Å²) < 4.78 is 21.6. The number of aromatic nitrogens is 1. The van der Waals surface area contributed by atoms with E-state index in [9.17, 15) is 4.79 Å². The van der Waals surface area contributed by atoms with E-state index in [4.69, 9.17) is 35.5 Å². The van der Waals surface area contributed by atoms with Crippen LogP contribution >= 0.6 is 11.6 Å². The molecule has 3 aromatic carbocycles. The standard InChI is InChI=1S/C27H25ClN2O5/c1-32-18-7-10-24(33-2)21(13-18)23-14-20(19-12-17(28)6-8-22(19)30-23)27(31)29-15-16-5-9-25(34-3)26(11-16)35-4/h5-14H,15H2,1-4H3,(H,29,31). The molecule has 0 fully saturated rings. The van der Waals surface area contributed by atoms with Gasteiger partial charge in [0.05, 0.1) is 45.2 Å². The van der Waals surface area contributed by atoms with Gasteiger partial charge >= 0.3 is 0 Å². The number of pyridine rings is 1. The zero-order valence-electron chi connectivity index (χ0n) is 19.8. The fourth-order valence-electron chi connectivity index (χ4n) is 3.81. The van der Waals surface area contributed by atoms with Crippen LogP contribution in [-0.4, -0.2) is 39.3 Å². The number of fused-ring (bicyclic) bond motifs is 1. The SMILES string of the molecule is COc1ccc(OC)c(-c2cc(C(=O)NCc3ccc(OC)c(OC)c3)c3cc(Cl)ccc3n2)c1. The van der Waals surface area contributed by atoms with Crippen molar-refractivity contribution in [3.05, 3.63) is 76.8 Å². The number of rotatable bonds is 8. The molecule has 0 saturated carbocycles. The second kappa shape index (κ2) is 10.5. The van der Waals surface area contributed by atoms with Crippen molar-refractivity contribution in [1.82, 2.24) is 10.3 Å². The highest BCUT2D eigenvalue weighted by Crippen LogP contribution is 2.35. The predicted octanol–water partition coefficient (Wildman–Crippen LogP) is 5.52. The highest BCUT2D eigenvalue weighted by molar-refractivity contribution is 6.31. The van der Waals surface area contributed by atoms with Crippen molar-refractivity contribution in [2.75, 3.05) is 28.4 Å². The van der Waals surface area contributed by atoms with Gasteiger partial charge in [-0.25, -0.2) is 4.98 Å². The molecule has 0 unspecified atom stereocenters. The number of carbonyl (C=O) groups is 1. The van der Waals surface area contributed by atoms with Gasteiger partial charge in [0.25, 0.3) is 5.91 Å². The van der Waals surface area contributed by atoms with Crippen LogP contribution in [0.15, 0.2) is 60.7 Å². The first kappa shape index (κ1) is 24.2. The van der Waals surface area contributed by atoms with Crippen molar-refractivity contribution in [1.29, 1.82) is 0 Å². The van der Waals surface area contributed by atoms with Crippen LogP contribution in [0.25, 0.3) is 22.2 Å². The van der Waals surface area contributed by atoms with Crippen LogP contribution in [0.5, 0.6) is 23.0 Å². The van der Waals surface area contributed by atoms with Gasteiger partial charge in [0, 0.05) is 22.5 Å². The Balaban J connectivity index is 1.74. The Labute approximate surface area is 208 Å². The molecular weight excluding hydrogens is 468 g/mol. The van der Waals surface area contributed by atoms with Crippen LogP contribution in [0, 0.1) is 0 Å². The lowest BCUT2D eigenvalue weighted by atomic mass is 10.0. The minimum absolute atomic E-state index is 0.266. The Morgan fingerprint density at radius 3 is 2.29 bits per heavy atom. The maximum Gasteiger partial charge on any atom is 0.252 e. The molecule has 0 saturated heterocycles. The minimum Gasteiger partial charge on any atom is -0.497 e. The Morgan fingerprint density at radius 1 is 0.829 bits per heavy atom. The zero-order chi connectivity index (χ0) is 24.9. The van der Waals surface area contributed by atoms with Crippen molar-refractivity contribution in [2.24, 2.45) is 0 Å². The van der Waals surface area contributed by atoms with Gasteiger partial charge in [0.15, 0.2) is 11.5 Å². The van der Waals surface area contributed by atoms with E-state index in [-0.39, 0.29) is 5.91 Å². The Bertz CT molecular complexity index is 1390. The lowest BCUT2D eigenvalue weighted by Crippen LogP contribution is -2.23. The molecule has 0 aliphatic heterocycles. The first-order valence-electron chi connectivity index (χ1n) is 10.8. The maximum absolute atomic E-state index is 13.4. The van der Waals surface area contributed by atoms with Crippen molar-refractivity contribution in [2.45, 2.75) is 6.54 Å². The molecule has 4 aromatic rings. The Kier molecular flexibility index (Phi) is 7.27. The second-order valence-electron chi connectivity index (χ2n) is 7.65. The first-order chi connectivity index (χ1) is 17.0. The third kappa shape index (κ3) is 5.10. The molecule has 35 heavy (non-hydrogen) atoms. The summed E-state index contributed by atoms with van der Waals surface area (Å²) in [4.78, 5) is 18.2. The van der Waals surface area contributed by atoms with Gasteiger partial charge in [-0.15, -0.1) is 0 Å². The summed E-state index contributed by atoms with van der Waals surface area (Å²) in [5.41, 5.74) is 3.22. The molecule has 8 heteroatoms. The second-order valence-corrected chi connectivity index (χ2v) is 8.09. The molecule has 0 spiro atoms. The van der Waals surface area contributed by atoms with Crippen molar-refractivity contribution < 1.29 is 23.7 Å². The molecule has 1 N–H and O–H groups in total. The summed E-state index contributed by atoms with van der Waals surface area (Å²) in [6.45, 7) is 0.293. The largest absolute Gasteiger partial charge is 0.497 e. The normalized spacial score (nSPS) is 10.7. The topological polar surface area (TPSA) is 78.9 Å². The van der Waals surface area contributed by atoms with Gasteiger partial charge < -0.3 is 24.3 Å². The third-order valence-corrected chi connectivity index (χ3v) is 5.83. The molecular formula is C27H25ClN2O5. The van der Waals surface area contributed by atoms with Crippen LogP contribution in [0.3, 0.4) is 0 Å². The fourth-order valence-corrected chi connectivity index (χ4v) is 3.98. The number of amides is 1. The number of nitrogens with one attached hydrogen (secondary N) is 1. The highest BCUT2D eigenvalue weighted by atomic mass is 35.5. The van der Waals surface area contributed by atoms with Crippen LogP contribution in [0.4, 0.5) is 0 Å². The van der Waals surface area contributed by atoms with Crippen molar-refractivity contribution in [3.63, 3.8) is 0 Å². The van der Waals surface area contributed by atoms with Crippen LogP contribution in [0.2, 0.25) is 5.02 Å². The van der Waals surface area contributed by atoms with Crippen molar-refractivity contribution >= 4 is 28.4 Å². The predicted molar refractivity (Wildman–Crippen MR) is 136 cm³/mol. The number of nitrogens with zero attached hydrogens (tertiary/aromatic N) is 1. The number of carbonyl (C=O) groups excluding carboxylic acids is 1. The molecule has 1 aromatic heterocycles. The fraction of sp³-hybridized carbons (Fsp3) is 0.185. The number of halogens is 1. The van der Waals surface area contributed by atoms with E-state index in [1.807, 2.05) is 18.2 Å². The summed E-state index contributed by atoms with van der Waals surface area (Å²) in [5.74, 6) is 2.21. The van der Waals surface area contributed by atoms with E-state index in [0.717, 1.165) is 5.56 Å². The van der Waals surface area contributed by atoms with Crippen molar-refractivity contribution in [3.8, 4) is 34.3 Å². The van der Waals surface area contributed by atoms with Gasteiger partial charge in [-0.3, -0.25) is 4.79 Å². The molecule has 4 rings (SSSR count). The molecule has 1 amide bonds. The van der Waals surface area contributed by atoms with Gasteiger partial charge in [0.1, 0.15) is 11.5 Å². The molecule has 0 bridgehead atoms. The van der Waals surface area contributed by atoms with E-state index >= 15 is 0 Å². The molecule has 0 aliphatic rings. The molecule has 180 valence electrons. The van der Waals surface area contributed by atoms with Gasteiger partial charge in [0.2, 0.25) is 0 Å². The first-order valence-corrected chi connectivity index (χ1v) is 11.2. The van der Waals surface area contributed by atoms with Crippen LogP contribution in [0.1, 0.15) is 15.9 Å². The lowest BCUT2D eigenvalue weighted by Gasteiger charge is -2.14. The summed E-state index contributed by atoms with van der Waals surface area (Å²) in [7, 11) is 6.33. The van der Waals surface area contributed by atoms with E-state index < -0.39 is 0 Å². The van der Waals surface area contributed by atoms with Gasteiger partial charge in [-0.1, -0.05) is 17.7 Å². The molecule has 0 aliphatic carbocycles. The summed E-state index contributed by atoms with van der Waals surface area (Å²) in [6, 6.07) is 17.9. The third-order valence-electron chi connectivity index (χ3n) is 5.60. The number of ether oxygens (including phenoxy) is 4. The minimum atomic E-state index is -0.266. The summed E-state index contributed by atoms with van der Waals surface area (Å²) in [6.07, 6.45) is 0.